The number of aryl methyl sites for hydroxylation is 1. The van der Waals surface area contributed by atoms with Crippen LogP contribution in [0.15, 0.2) is 36.0 Å². The van der Waals surface area contributed by atoms with Crippen LogP contribution in [0.4, 0.5) is 19.0 Å². The van der Waals surface area contributed by atoms with E-state index >= 15 is 0 Å². The quantitative estimate of drug-likeness (QED) is 0.345. The largest absolute Gasteiger partial charge is 0.365 e. The first-order valence-electron chi connectivity index (χ1n) is 11.0. The van der Waals surface area contributed by atoms with Gasteiger partial charge < -0.3 is 15.6 Å². The molecule has 3 N–H and O–H groups in total. The molecule has 0 radical (unpaired) electrons. The van der Waals surface area contributed by atoms with Gasteiger partial charge in [-0.25, -0.2) is 23.1 Å². The van der Waals surface area contributed by atoms with Crippen molar-refractivity contribution in [2.24, 2.45) is 0 Å². The number of halogens is 3. The number of H-pyrrole nitrogens is 1. The number of aromatic nitrogens is 3. The van der Waals surface area contributed by atoms with E-state index in [-0.39, 0.29) is 29.5 Å². The van der Waals surface area contributed by atoms with Crippen LogP contribution in [0.3, 0.4) is 0 Å². The molecule has 0 aromatic carbocycles. The van der Waals surface area contributed by atoms with Gasteiger partial charge in [-0.05, 0) is 44.7 Å². The number of fused-ring (bicyclic) bond motifs is 1. The van der Waals surface area contributed by atoms with Gasteiger partial charge in [0, 0.05) is 45.6 Å². The Morgan fingerprint density at radius 3 is 2.76 bits per heavy atom. The summed E-state index contributed by atoms with van der Waals surface area (Å²) in [6.45, 7) is 1.95. The molecule has 1 aliphatic rings. The molecule has 1 unspecified atom stereocenters. The fourth-order valence-corrected chi connectivity index (χ4v) is 5.09. The molecule has 1 aliphatic carbocycles. The molecule has 0 spiro atoms. The van der Waals surface area contributed by atoms with Crippen LogP contribution >= 0.6 is 11.3 Å². The lowest BCUT2D eigenvalue weighted by atomic mass is 9.90. The second kappa shape index (κ2) is 9.09. The van der Waals surface area contributed by atoms with Gasteiger partial charge in [0.15, 0.2) is 17.5 Å². The van der Waals surface area contributed by atoms with Crippen LogP contribution in [0.25, 0.3) is 22.3 Å². The first-order valence-corrected chi connectivity index (χ1v) is 11.9. The summed E-state index contributed by atoms with van der Waals surface area (Å²) in [5.41, 5.74) is 1.21. The van der Waals surface area contributed by atoms with E-state index in [9.17, 15) is 18.0 Å². The van der Waals surface area contributed by atoms with Crippen molar-refractivity contribution in [3.8, 4) is 11.3 Å². The fraction of sp³-hybridized carbons (Fsp3) is 0.292. The number of hydrogen-bond donors (Lipinski definition) is 3. The van der Waals surface area contributed by atoms with Crippen LogP contribution in [0, 0.1) is 24.4 Å². The van der Waals surface area contributed by atoms with Crippen LogP contribution < -0.4 is 10.6 Å². The normalized spacial score (nSPS) is 18.2. The number of amides is 1. The summed E-state index contributed by atoms with van der Waals surface area (Å²) >= 11 is 1.52. The van der Waals surface area contributed by atoms with E-state index < -0.39 is 17.5 Å². The lowest BCUT2D eigenvalue weighted by Gasteiger charge is -2.30. The van der Waals surface area contributed by atoms with Crippen LogP contribution in [-0.4, -0.2) is 32.9 Å². The van der Waals surface area contributed by atoms with Gasteiger partial charge in [0.05, 0.1) is 11.8 Å². The first-order chi connectivity index (χ1) is 16.4. The number of hydrogen-bond acceptors (Lipinski definition) is 5. The first kappa shape index (κ1) is 22.4. The minimum Gasteiger partial charge on any atom is -0.365 e. The molecular weight excluding hydrogens is 463 g/mol. The Kier molecular flexibility index (Phi) is 5.99. The third-order valence-corrected chi connectivity index (χ3v) is 6.89. The molecule has 0 saturated heterocycles. The maximum atomic E-state index is 14.7. The third kappa shape index (κ3) is 4.50. The van der Waals surface area contributed by atoms with Gasteiger partial charge in [0.25, 0.3) is 5.91 Å². The zero-order valence-electron chi connectivity index (χ0n) is 18.3. The Bertz CT molecular complexity index is 1370. The van der Waals surface area contributed by atoms with E-state index in [2.05, 4.69) is 25.6 Å². The second-order valence-electron chi connectivity index (χ2n) is 8.53. The number of pyridine rings is 2. The summed E-state index contributed by atoms with van der Waals surface area (Å²) in [6.07, 6.45) is 5.55. The lowest BCUT2D eigenvalue weighted by molar-refractivity contribution is 0.0927. The maximum Gasteiger partial charge on any atom is 0.252 e. The van der Waals surface area contributed by atoms with Crippen molar-refractivity contribution in [1.82, 2.24) is 20.3 Å². The van der Waals surface area contributed by atoms with E-state index in [1.54, 1.807) is 0 Å². The van der Waals surface area contributed by atoms with E-state index in [0.29, 0.717) is 28.6 Å². The van der Waals surface area contributed by atoms with Gasteiger partial charge in [0.1, 0.15) is 17.2 Å². The van der Waals surface area contributed by atoms with Crippen molar-refractivity contribution in [2.75, 3.05) is 5.32 Å². The molecule has 2 atom stereocenters. The van der Waals surface area contributed by atoms with E-state index in [0.717, 1.165) is 36.4 Å². The Balaban J connectivity index is 1.35. The Hall–Kier alpha value is -3.40. The highest BCUT2D eigenvalue weighted by molar-refractivity contribution is 7.10. The van der Waals surface area contributed by atoms with Crippen LogP contribution in [0.2, 0.25) is 0 Å². The van der Waals surface area contributed by atoms with Crippen molar-refractivity contribution < 1.29 is 18.0 Å². The van der Waals surface area contributed by atoms with Gasteiger partial charge in [-0.15, -0.1) is 11.3 Å². The van der Waals surface area contributed by atoms with Crippen molar-refractivity contribution in [2.45, 2.75) is 44.7 Å². The minimum atomic E-state index is -0.854. The minimum absolute atomic E-state index is 0.0652. The topological polar surface area (TPSA) is 82.7 Å². The molecule has 4 heterocycles. The zero-order chi connectivity index (χ0) is 23.8. The number of aromatic amines is 1. The summed E-state index contributed by atoms with van der Waals surface area (Å²) in [7, 11) is 0. The zero-order valence-corrected chi connectivity index (χ0v) is 19.1. The highest BCUT2D eigenvalue weighted by Crippen LogP contribution is 2.32. The summed E-state index contributed by atoms with van der Waals surface area (Å²) in [6, 6.07) is 3.64. The van der Waals surface area contributed by atoms with E-state index in [4.69, 9.17) is 0 Å². The third-order valence-electron chi connectivity index (χ3n) is 6.03. The fourth-order valence-electron chi connectivity index (χ4n) is 4.41. The maximum absolute atomic E-state index is 14.7. The molecule has 176 valence electrons. The molecule has 0 aliphatic heterocycles. The second-order valence-corrected chi connectivity index (χ2v) is 9.64. The molecule has 10 heteroatoms. The molecule has 4 aromatic heterocycles. The van der Waals surface area contributed by atoms with Gasteiger partial charge in [-0.2, -0.15) is 0 Å². The van der Waals surface area contributed by atoms with E-state index in [1.807, 2.05) is 18.4 Å². The monoisotopic (exact) mass is 485 g/mol. The average molecular weight is 486 g/mol. The number of rotatable bonds is 5. The number of anilines is 1. The number of nitrogens with one attached hydrogen (secondary N) is 3. The number of carbonyl (C=O) groups is 1. The standard InChI is InChI=1S/C24H22F3N5OS/c1-12-5-13(11-34-12)24(33)31-16-4-2-3-15(7-16)30-23-20(27)8-19(26)21(32-23)18-10-29-22-17(18)6-14(25)9-28-22/h5-6,8-11,15-16H,2-4,7H2,1H3,(H,28,29)(H,30,32)(H,31,33)/t15?,16-/m1/s1. The van der Waals surface area contributed by atoms with Crippen molar-refractivity contribution in [1.29, 1.82) is 0 Å². The van der Waals surface area contributed by atoms with Crippen molar-refractivity contribution in [3.05, 3.63) is 63.9 Å². The molecule has 1 saturated carbocycles. The molecule has 0 bridgehead atoms. The average Bonchev–Trinajstić information content (AvgIpc) is 3.42. The van der Waals surface area contributed by atoms with Crippen LogP contribution in [0.1, 0.15) is 40.9 Å². The van der Waals surface area contributed by atoms with Crippen molar-refractivity contribution >= 4 is 34.1 Å². The van der Waals surface area contributed by atoms with E-state index in [1.165, 1.54) is 23.6 Å². The molecule has 4 aromatic rings. The lowest BCUT2D eigenvalue weighted by Crippen LogP contribution is -2.41. The predicted molar refractivity (Wildman–Crippen MR) is 125 cm³/mol. The van der Waals surface area contributed by atoms with Gasteiger partial charge in [-0.3, -0.25) is 4.79 Å². The number of thiophene rings is 1. The van der Waals surface area contributed by atoms with Crippen LogP contribution in [0.5, 0.6) is 0 Å². The SMILES string of the molecule is Cc1cc(C(=O)N[C@@H]2CCCC(Nc3nc(-c4c[nH]c5ncc(F)cc45)c(F)cc3F)C2)cs1. The van der Waals surface area contributed by atoms with Crippen LogP contribution in [-0.2, 0) is 0 Å². The highest BCUT2D eigenvalue weighted by Gasteiger charge is 2.26. The predicted octanol–water partition coefficient (Wildman–Crippen LogP) is 5.57. The van der Waals surface area contributed by atoms with Gasteiger partial charge in [-0.1, -0.05) is 0 Å². The molecule has 1 fully saturated rings. The summed E-state index contributed by atoms with van der Waals surface area (Å²) in [4.78, 5) is 24.6. The van der Waals surface area contributed by atoms with Gasteiger partial charge >= 0.3 is 0 Å². The Labute approximate surface area is 197 Å². The number of carbonyl (C=O) groups excluding carboxylic acids is 1. The highest BCUT2D eigenvalue weighted by atomic mass is 32.1. The van der Waals surface area contributed by atoms with Crippen molar-refractivity contribution in [3.63, 3.8) is 0 Å². The number of nitrogens with zero attached hydrogens (tertiary/aromatic N) is 2. The molecule has 1 amide bonds. The smallest absolute Gasteiger partial charge is 0.252 e. The molecule has 34 heavy (non-hydrogen) atoms. The Morgan fingerprint density at radius 2 is 1.97 bits per heavy atom. The summed E-state index contributed by atoms with van der Waals surface area (Å²) in [5, 5.41) is 8.32. The summed E-state index contributed by atoms with van der Waals surface area (Å²) in [5.74, 6) is -2.44. The van der Waals surface area contributed by atoms with Gasteiger partial charge in [0.2, 0.25) is 0 Å². The molecule has 5 rings (SSSR count). The molecule has 6 nitrogen and oxygen atoms in total. The molecular formula is C24H22F3N5OS. The Morgan fingerprint density at radius 1 is 1.15 bits per heavy atom. The summed E-state index contributed by atoms with van der Waals surface area (Å²) < 4.78 is 43.0.